The topological polar surface area (TPSA) is 88.2 Å². The number of nitrogens with zero attached hydrogens (tertiary/aromatic N) is 1. The molecule has 19 heavy (non-hydrogen) atoms. The predicted octanol–water partition coefficient (Wildman–Crippen LogP) is 0.647. The van der Waals surface area contributed by atoms with Crippen LogP contribution in [0.15, 0.2) is 23.4 Å². The highest BCUT2D eigenvalue weighted by atomic mass is 79.9. The van der Waals surface area contributed by atoms with Crippen LogP contribution in [0.3, 0.4) is 0 Å². The maximum atomic E-state index is 11.8. The molecule has 6 nitrogen and oxygen atoms in total. The van der Waals surface area contributed by atoms with E-state index in [9.17, 15) is 13.2 Å². The van der Waals surface area contributed by atoms with Crippen LogP contribution in [0.25, 0.3) is 0 Å². The quantitative estimate of drug-likeness (QED) is 0.765. The lowest BCUT2D eigenvalue weighted by Crippen LogP contribution is -2.30. The predicted molar refractivity (Wildman–Crippen MR) is 73.7 cm³/mol. The Labute approximate surface area is 120 Å². The Morgan fingerprint density at radius 3 is 2.63 bits per heavy atom. The molecule has 1 aromatic rings. The molecule has 0 unspecified atom stereocenters. The van der Waals surface area contributed by atoms with Gasteiger partial charge in [0, 0.05) is 17.1 Å². The number of amides is 1. The van der Waals surface area contributed by atoms with Crippen LogP contribution in [0.2, 0.25) is 0 Å². The molecule has 104 valence electrons. The Morgan fingerprint density at radius 1 is 1.47 bits per heavy atom. The van der Waals surface area contributed by atoms with Gasteiger partial charge in [0.2, 0.25) is 0 Å². The Kier molecular flexibility index (Phi) is 3.93. The van der Waals surface area contributed by atoms with Gasteiger partial charge >= 0.3 is 0 Å². The second-order valence-corrected chi connectivity index (χ2v) is 7.94. The molecule has 2 N–H and O–H groups in total. The molecule has 0 saturated heterocycles. The highest BCUT2D eigenvalue weighted by Gasteiger charge is 2.39. The second kappa shape index (κ2) is 5.18. The van der Waals surface area contributed by atoms with Crippen molar-refractivity contribution in [3.8, 4) is 0 Å². The van der Waals surface area contributed by atoms with Gasteiger partial charge in [0.1, 0.15) is 0 Å². The van der Waals surface area contributed by atoms with Gasteiger partial charge in [-0.3, -0.25) is 4.79 Å². The van der Waals surface area contributed by atoms with Crippen LogP contribution in [0.1, 0.15) is 23.2 Å². The molecular formula is C11H14BrN3O3S. The number of pyridine rings is 1. The van der Waals surface area contributed by atoms with Crippen molar-refractivity contribution in [1.82, 2.24) is 15.0 Å². The fraction of sp³-hybridized carbons (Fsp3) is 0.455. The number of carbonyl (C=O) groups is 1. The van der Waals surface area contributed by atoms with Crippen molar-refractivity contribution in [3.63, 3.8) is 0 Å². The summed E-state index contributed by atoms with van der Waals surface area (Å²) in [6.45, 7) is 0.558. The van der Waals surface area contributed by atoms with Crippen molar-refractivity contribution >= 4 is 31.9 Å². The first-order valence-electron chi connectivity index (χ1n) is 5.73. The van der Waals surface area contributed by atoms with E-state index in [0.29, 0.717) is 12.1 Å². The molecule has 1 heterocycles. The minimum atomic E-state index is -3.57. The van der Waals surface area contributed by atoms with Crippen molar-refractivity contribution in [2.24, 2.45) is 0 Å². The fourth-order valence-electron chi connectivity index (χ4n) is 1.43. The van der Waals surface area contributed by atoms with Crippen LogP contribution >= 0.6 is 15.9 Å². The molecule has 0 spiro atoms. The summed E-state index contributed by atoms with van der Waals surface area (Å²) in [5.41, 5.74) is 0.340. The third-order valence-electron chi connectivity index (χ3n) is 2.90. The monoisotopic (exact) mass is 347 g/mol. The number of halogens is 1. The summed E-state index contributed by atoms with van der Waals surface area (Å²) in [6.07, 6.45) is 3.35. The number of sulfonamides is 1. The Bertz CT molecular complexity index is 582. The molecule has 2 rings (SSSR count). The molecule has 8 heteroatoms. The molecule has 1 aromatic heterocycles. The van der Waals surface area contributed by atoms with E-state index in [-0.39, 0.29) is 15.3 Å². The minimum Gasteiger partial charge on any atom is -0.351 e. The molecular weight excluding hydrogens is 334 g/mol. The Balaban J connectivity index is 2.03. The molecule has 0 bridgehead atoms. The summed E-state index contributed by atoms with van der Waals surface area (Å²) in [7, 11) is -2.26. The fourth-order valence-corrected chi connectivity index (χ4v) is 2.42. The van der Waals surface area contributed by atoms with Gasteiger partial charge in [0.05, 0.1) is 5.56 Å². The third-order valence-corrected chi connectivity index (χ3v) is 5.30. The van der Waals surface area contributed by atoms with Crippen molar-refractivity contribution in [1.29, 1.82) is 0 Å². The van der Waals surface area contributed by atoms with E-state index in [1.165, 1.54) is 25.4 Å². The summed E-state index contributed by atoms with van der Waals surface area (Å²) >= 11 is 3.52. The van der Waals surface area contributed by atoms with E-state index in [1.807, 2.05) is 0 Å². The molecule has 1 aliphatic carbocycles. The average molecular weight is 348 g/mol. The lowest BCUT2D eigenvalue weighted by atomic mass is 10.2. The molecule has 1 fully saturated rings. The van der Waals surface area contributed by atoms with Crippen LogP contribution in [0, 0.1) is 0 Å². The smallest absolute Gasteiger partial charge is 0.257 e. The van der Waals surface area contributed by atoms with E-state index in [0.717, 1.165) is 12.8 Å². The summed E-state index contributed by atoms with van der Waals surface area (Å²) in [5, 5.41) is 2.68. The lowest BCUT2D eigenvalue weighted by molar-refractivity contribution is 0.0952. The maximum Gasteiger partial charge on any atom is 0.257 e. The van der Waals surface area contributed by atoms with Crippen molar-refractivity contribution < 1.29 is 13.2 Å². The van der Waals surface area contributed by atoms with Crippen LogP contribution in [0.5, 0.6) is 0 Å². The van der Waals surface area contributed by atoms with Gasteiger partial charge in [0.15, 0.2) is 5.03 Å². The number of hydrogen-bond acceptors (Lipinski definition) is 4. The number of rotatable bonds is 5. The standard InChI is InChI=1S/C11H14BrN3O3S/c1-13-19(17,18)9-3-2-8(6-14-9)10(16)15-7-11(12)4-5-11/h2-3,6,13H,4-5,7H2,1H3,(H,15,16). The van der Waals surface area contributed by atoms with Gasteiger partial charge in [-0.15, -0.1) is 0 Å². The van der Waals surface area contributed by atoms with Crippen molar-refractivity contribution in [3.05, 3.63) is 23.9 Å². The van der Waals surface area contributed by atoms with E-state index in [1.54, 1.807) is 0 Å². The number of alkyl halides is 1. The first-order valence-corrected chi connectivity index (χ1v) is 8.01. The minimum absolute atomic E-state index is 0.0471. The highest BCUT2D eigenvalue weighted by Crippen LogP contribution is 2.43. The molecule has 0 atom stereocenters. The number of nitrogens with one attached hydrogen (secondary N) is 2. The maximum absolute atomic E-state index is 11.8. The molecule has 0 radical (unpaired) electrons. The molecule has 1 aliphatic rings. The average Bonchev–Trinajstić information content (AvgIpc) is 3.15. The zero-order chi connectivity index (χ0) is 14.1. The second-order valence-electron chi connectivity index (χ2n) is 4.43. The zero-order valence-electron chi connectivity index (χ0n) is 10.3. The number of aromatic nitrogens is 1. The molecule has 1 amide bonds. The van der Waals surface area contributed by atoms with E-state index in [4.69, 9.17) is 0 Å². The van der Waals surface area contributed by atoms with E-state index in [2.05, 4.69) is 31.0 Å². The first-order chi connectivity index (χ1) is 8.86. The lowest BCUT2D eigenvalue weighted by Gasteiger charge is -2.09. The highest BCUT2D eigenvalue weighted by molar-refractivity contribution is 9.10. The summed E-state index contributed by atoms with van der Waals surface area (Å²) in [4.78, 5) is 15.6. The normalized spacial score (nSPS) is 16.9. The summed E-state index contributed by atoms with van der Waals surface area (Å²) in [5.74, 6) is -0.258. The SMILES string of the molecule is CNS(=O)(=O)c1ccc(C(=O)NCC2(Br)CC2)cn1. The van der Waals surface area contributed by atoms with Gasteiger partial charge in [-0.2, -0.15) is 0 Å². The van der Waals surface area contributed by atoms with Crippen LogP contribution < -0.4 is 10.0 Å². The van der Waals surface area contributed by atoms with E-state index < -0.39 is 10.0 Å². The van der Waals surface area contributed by atoms with Crippen molar-refractivity contribution in [2.45, 2.75) is 22.2 Å². The molecule has 0 aromatic carbocycles. The van der Waals surface area contributed by atoms with Gasteiger partial charge < -0.3 is 5.32 Å². The van der Waals surface area contributed by atoms with Crippen LogP contribution in [-0.2, 0) is 10.0 Å². The van der Waals surface area contributed by atoms with Gasteiger partial charge in [0.25, 0.3) is 15.9 Å². The van der Waals surface area contributed by atoms with Crippen LogP contribution in [0.4, 0.5) is 0 Å². The van der Waals surface area contributed by atoms with Crippen molar-refractivity contribution in [2.75, 3.05) is 13.6 Å². The van der Waals surface area contributed by atoms with Crippen LogP contribution in [-0.4, -0.2) is 37.2 Å². The van der Waals surface area contributed by atoms with Gasteiger partial charge in [-0.25, -0.2) is 18.1 Å². The third kappa shape index (κ3) is 3.52. The summed E-state index contributed by atoms with van der Waals surface area (Å²) in [6, 6.07) is 2.75. The Morgan fingerprint density at radius 2 is 2.16 bits per heavy atom. The zero-order valence-corrected chi connectivity index (χ0v) is 12.7. The molecule has 1 saturated carbocycles. The summed E-state index contributed by atoms with van der Waals surface area (Å²) < 4.78 is 25.1. The number of hydrogen-bond donors (Lipinski definition) is 2. The number of carbonyl (C=O) groups excluding carboxylic acids is 1. The van der Waals surface area contributed by atoms with Gasteiger partial charge in [-0.1, -0.05) is 15.9 Å². The first kappa shape index (κ1) is 14.4. The van der Waals surface area contributed by atoms with Gasteiger partial charge in [-0.05, 0) is 32.0 Å². The Hall–Kier alpha value is -0.990. The van der Waals surface area contributed by atoms with E-state index >= 15 is 0 Å². The largest absolute Gasteiger partial charge is 0.351 e. The molecule has 0 aliphatic heterocycles.